The molecule has 2 aliphatic heterocycles. The van der Waals surface area contributed by atoms with Gasteiger partial charge in [0.1, 0.15) is 11.5 Å². The van der Waals surface area contributed by atoms with E-state index in [0.29, 0.717) is 41.2 Å². The first-order valence-electron chi connectivity index (χ1n) is 11.5. The number of hydrogen-bond donors (Lipinski definition) is 2. The molecule has 4 heterocycles. The van der Waals surface area contributed by atoms with E-state index >= 15 is 0 Å². The van der Waals surface area contributed by atoms with Crippen LogP contribution >= 0.6 is 12.2 Å². The topological polar surface area (TPSA) is 72.7 Å². The maximum atomic E-state index is 14.1. The van der Waals surface area contributed by atoms with Crippen molar-refractivity contribution in [2.45, 2.75) is 69.9 Å². The van der Waals surface area contributed by atoms with Crippen molar-refractivity contribution in [3.05, 3.63) is 46.2 Å². The number of H-pyrrole nitrogens is 1. The second kappa shape index (κ2) is 8.84. The third kappa shape index (κ3) is 4.38. The molecule has 0 saturated carbocycles. The highest BCUT2D eigenvalue weighted by Gasteiger charge is 2.46. The highest BCUT2D eigenvalue weighted by molar-refractivity contribution is 7.71. The largest absolute Gasteiger partial charge is 0.410 e. The smallest absolute Gasteiger partial charge is 0.376 e. The highest BCUT2D eigenvalue weighted by Crippen LogP contribution is 2.44. The van der Waals surface area contributed by atoms with E-state index in [1.807, 2.05) is 24.3 Å². The van der Waals surface area contributed by atoms with Crippen molar-refractivity contribution in [1.82, 2.24) is 24.5 Å². The lowest BCUT2D eigenvalue weighted by Gasteiger charge is -2.33. The first kappa shape index (κ1) is 23.1. The minimum absolute atomic E-state index is 0.000436. The molecule has 3 atom stereocenters. The van der Waals surface area contributed by atoms with Crippen molar-refractivity contribution < 1.29 is 17.9 Å². The van der Waals surface area contributed by atoms with Crippen molar-refractivity contribution in [3.63, 3.8) is 0 Å². The van der Waals surface area contributed by atoms with Gasteiger partial charge in [0, 0.05) is 19.1 Å². The second-order valence-corrected chi connectivity index (χ2v) is 9.66. The van der Waals surface area contributed by atoms with E-state index in [-0.39, 0.29) is 12.5 Å². The Labute approximate surface area is 200 Å². The molecule has 1 aromatic carbocycles. The van der Waals surface area contributed by atoms with Crippen LogP contribution in [0.15, 0.2) is 30.3 Å². The van der Waals surface area contributed by atoms with E-state index in [2.05, 4.69) is 34.5 Å². The van der Waals surface area contributed by atoms with Crippen LogP contribution in [0.5, 0.6) is 0 Å². The number of ether oxygens (including phenoxy) is 1. The zero-order valence-electron chi connectivity index (χ0n) is 19.0. The zero-order chi connectivity index (χ0) is 24.0. The molecule has 2 aliphatic rings. The summed E-state index contributed by atoms with van der Waals surface area (Å²) in [4.78, 5) is 0. The van der Waals surface area contributed by atoms with Gasteiger partial charge in [-0.3, -0.25) is 9.67 Å². The molecule has 5 rings (SSSR count). The third-order valence-electron chi connectivity index (χ3n) is 6.59. The summed E-state index contributed by atoms with van der Waals surface area (Å²) in [7, 11) is 0. The molecule has 1 fully saturated rings. The molecule has 0 aliphatic carbocycles. The fourth-order valence-corrected chi connectivity index (χ4v) is 4.90. The van der Waals surface area contributed by atoms with Gasteiger partial charge in [0.05, 0.1) is 18.7 Å². The number of aromatic amines is 1. The van der Waals surface area contributed by atoms with E-state index in [1.165, 1.54) is 0 Å². The Hall–Kier alpha value is -2.66. The van der Waals surface area contributed by atoms with Crippen LogP contribution in [0.4, 0.5) is 19.0 Å². The minimum atomic E-state index is -4.45. The third-order valence-corrected chi connectivity index (χ3v) is 6.90. The van der Waals surface area contributed by atoms with Gasteiger partial charge in [-0.2, -0.15) is 23.4 Å². The molecule has 2 N–H and O–H groups in total. The van der Waals surface area contributed by atoms with Gasteiger partial charge in [0.25, 0.3) is 0 Å². The predicted molar refractivity (Wildman–Crippen MR) is 124 cm³/mol. The fourth-order valence-electron chi connectivity index (χ4n) is 4.69. The molecule has 34 heavy (non-hydrogen) atoms. The van der Waals surface area contributed by atoms with Crippen molar-refractivity contribution in [1.29, 1.82) is 0 Å². The molecule has 0 bridgehead atoms. The Morgan fingerprint density at radius 2 is 2.00 bits per heavy atom. The highest BCUT2D eigenvalue weighted by atomic mass is 32.1. The Bertz CT molecular complexity index is 1210. The van der Waals surface area contributed by atoms with Crippen molar-refractivity contribution >= 4 is 18.0 Å². The molecule has 7 nitrogen and oxygen atoms in total. The zero-order valence-corrected chi connectivity index (χ0v) is 19.8. The molecule has 1 saturated heterocycles. The van der Waals surface area contributed by atoms with Crippen LogP contribution in [0, 0.1) is 4.77 Å². The van der Waals surface area contributed by atoms with Gasteiger partial charge in [-0.05, 0) is 42.1 Å². The van der Waals surface area contributed by atoms with Gasteiger partial charge in [-0.15, -0.1) is 0 Å². The molecule has 0 unspecified atom stereocenters. The molecule has 11 heteroatoms. The SMILES string of the molecule is CC(C)c1ccc([C@H]2C[C@H](C(F)(F)F)n3nc(-c4n[nH]c(=S)n4C[C@@H]4CCCO4)cc3N2)cc1. The fraction of sp³-hybridized carbons (Fsp3) is 0.522. The van der Waals surface area contributed by atoms with Crippen LogP contribution < -0.4 is 5.32 Å². The Morgan fingerprint density at radius 1 is 1.24 bits per heavy atom. The van der Waals surface area contributed by atoms with Crippen LogP contribution in [-0.4, -0.2) is 43.4 Å². The maximum Gasteiger partial charge on any atom is 0.410 e. The number of benzene rings is 1. The van der Waals surface area contributed by atoms with Crippen LogP contribution in [0.3, 0.4) is 0 Å². The lowest BCUT2D eigenvalue weighted by Crippen LogP contribution is -2.35. The molecule has 2 aromatic heterocycles. The summed E-state index contributed by atoms with van der Waals surface area (Å²) in [6, 6.07) is 7.14. The molecule has 0 radical (unpaired) electrons. The van der Waals surface area contributed by atoms with Gasteiger partial charge < -0.3 is 10.1 Å². The lowest BCUT2D eigenvalue weighted by atomic mass is 9.94. The van der Waals surface area contributed by atoms with E-state index < -0.39 is 18.3 Å². The number of nitrogens with one attached hydrogen (secondary N) is 2. The molecule has 3 aromatic rings. The summed E-state index contributed by atoms with van der Waals surface area (Å²) >= 11 is 5.37. The quantitative estimate of drug-likeness (QED) is 0.443. The number of anilines is 1. The number of aromatic nitrogens is 5. The average molecular weight is 493 g/mol. The van der Waals surface area contributed by atoms with E-state index in [1.54, 1.807) is 10.6 Å². The number of rotatable bonds is 5. The van der Waals surface area contributed by atoms with Gasteiger partial charge >= 0.3 is 6.18 Å². The molecule has 0 amide bonds. The minimum Gasteiger partial charge on any atom is -0.376 e. The summed E-state index contributed by atoms with van der Waals surface area (Å²) in [5, 5.41) is 14.6. The average Bonchev–Trinajstić information content (AvgIpc) is 3.53. The molecular formula is C23H27F3N6OS. The van der Waals surface area contributed by atoms with E-state index in [9.17, 15) is 13.2 Å². The summed E-state index contributed by atoms with van der Waals surface area (Å²) in [5.74, 6) is 1.06. The Kier molecular flexibility index (Phi) is 6.01. The maximum absolute atomic E-state index is 14.1. The lowest BCUT2D eigenvalue weighted by molar-refractivity contribution is -0.173. The van der Waals surface area contributed by atoms with E-state index in [4.69, 9.17) is 17.0 Å². The number of nitrogens with zero attached hydrogens (tertiary/aromatic N) is 4. The summed E-state index contributed by atoms with van der Waals surface area (Å²) < 4.78 is 51.2. The Morgan fingerprint density at radius 3 is 2.65 bits per heavy atom. The summed E-state index contributed by atoms with van der Waals surface area (Å²) in [5.41, 5.74) is 2.29. The Balaban J connectivity index is 1.49. The second-order valence-electron chi connectivity index (χ2n) is 9.27. The number of halogens is 3. The molecule has 182 valence electrons. The monoisotopic (exact) mass is 492 g/mol. The predicted octanol–water partition coefficient (Wildman–Crippen LogP) is 5.77. The number of fused-ring (bicyclic) bond motifs is 1. The van der Waals surface area contributed by atoms with Crippen LogP contribution in [-0.2, 0) is 11.3 Å². The van der Waals surface area contributed by atoms with Crippen LogP contribution in [0.2, 0.25) is 0 Å². The van der Waals surface area contributed by atoms with Crippen molar-refractivity contribution in [2.75, 3.05) is 11.9 Å². The summed E-state index contributed by atoms with van der Waals surface area (Å²) in [6.45, 7) is 5.35. The molecular weight excluding hydrogens is 465 g/mol. The first-order valence-corrected chi connectivity index (χ1v) is 11.9. The standard InChI is InChI=1S/C23H27F3N6OS/c1-13(2)14-5-7-15(8-6-14)17-10-19(23(24,25)26)32-20(27-17)11-18(30-32)21-28-29-22(34)31(21)12-16-4-3-9-33-16/h5-8,11,13,16-17,19,27H,3-4,9-10,12H2,1-2H3,(H,29,34)/t16-,17+,19+/m0/s1. The van der Waals surface area contributed by atoms with Crippen molar-refractivity contribution in [2.24, 2.45) is 0 Å². The van der Waals surface area contributed by atoms with Gasteiger partial charge in [-0.25, -0.2) is 4.68 Å². The summed E-state index contributed by atoms with van der Waals surface area (Å²) in [6.07, 6.45) is -2.72. The van der Waals surface area contributed by atoms with Crippen LogP contribution in [0.1, 0.15) is 62.2 Å². The van der Waals surface area contributed by atoms with Gasteiger partial charge in [0.15, 0.2) is 16.6 Å². The first-order chi connectivity index (χ1) is 16.2. The van der Waals surface area contributed by atoms with Crippen LogP contribution in [0.25, 0.3) is 11.5 Å². The molecule has 0 spiro atoms. The van der Waals surface area contributed by atoms with Crippen molar-refractivity contribution in [3.8, 4) is 11.5 Å². The van der Waals surface area contributed by atoms with Gasteiger partial charge in [0.2, 0.25) is 0 Å². The normalized spacial score (nSPS) is 22.7. The van der Waals surface area contributed by atoms with E-state index in [0.717, 1.165) is 28.7 Å². The number of alkyl halides is 3. The number of hydrogen-bond acceptors (Lipinski definition) is 5. The van der Waals surface area contributed by atoms with Gasteiger partial charge in [-0.1, -0.05) is 38.1 Å².